The van der Waals surface area contributed by atoms with Gasteiger partial charge in [-0.05, 0) is 30.7 Å². The molecule has 6 nitrogen and oxygen atoms in total. The summed E-state index contributed by atoms with van der Waals surface area (Å²) >= 11 is 0. The van der Waals surface area contributed by atoms with Crippen LogP contribution < -0.4 is 5.73 Å². The van der Waals surface area contributed by atoms with E-state index in [0.717, 1.165) is 12.8 Å². The monoisotopic (exact) mass is 275 g/mol. The lowest BCUT2D eigenvalue weighted by Crippen LogP contribution is -2.33. The Kier molecular flexibility index (Phi) is 3.17. The summed E-state index contributed by atoms with van der Waals surface area (Å²) in [6.07, 6.45) is 2.06. The van der Waals surface area contributed by atoms with Gasteiger partial charge in [0.25, 0.3) is 11.6 Å². The standard InChI is InChI=1S/C14H17N3O3/c15-12-6-5-9-7-16(8-11(9)12)14(18)10-3-1-2-4-13(10)17(19)20/h1-4,9,11-12H,5-8,15H2/t9-,11+,12-/m0/s1. The lowest BCUT2D eigenvalue weighted by atomic mass is 9.98. The summed E-state index contributed by atoms with van der Waals surface area (Å²) in [6.45, 7) is 1.29. The number of para-hydroxylation sites is 1. The maximum atomic E-state index is 12.5. The van der Waals surface area contributed by atoms with E-state index in [2.05, 4.69) is 0 Å². The molecule has 0 bridgehead atoms. The smallest absolute Gasteiger partial charge is 0.282 e. The number of likely N-dealkylation sites (tertiary alicyclic amines) is 1. The fourth-order valence-corrected chi connectivity index (χ4v) is 3.46. The van der Waals surface area contributed by atoms with Crippen LogP contribution in [0.4, 0.5) is 5.69 Å². The van der Waals surface area contributed by atoms with Crippen molar-refractivity contribution in [3.63, 3.8) is 0 Å². The minimum atomic E-state index is -0.504. The Morgan fingerprint density at radius 2 is 2.05 bits per heavy atom. The molecule has 0 unspecified atom stereocenters. The number of fused-ring (bicyclic) bond motifs is 1. The minimum Gasteiger partial charge on any atom is -0.338 e. The minimum absolute atomic E-state index is 0.126. The van der Waals surface area contributed by atoms with Crippen LogP contribution >= 0.6 is 0 Å². The van der Waals surface area contributed by atoms with Gasteiger partial charge in [0.2, 0.25) is 0 Å². The van der Waals surface area contributed by atoms with Gasteiger partial charge >= 0.3 is 0 Å². The van der Waals surface area contributed by atoms with Crippen LogP contribution in [0.3, 0.4) is 0 Å². The maximum Gasteiger partial charge on any atom is 0.282 e. The Bertz CT molecular complexity index is 560. The van der Waals surface area contributed by atoms with Gasteiger partial charge in [0.05, 0.1) is 4.92 Å². The van der Waals surface area contributed by atoms with E-state index in [-0.39, 0.29) is 23.2 Å². The van der Waals surface area contributed by atoms with Gasteiger partial charge in [-0.1, -0.05) is 12.1 Å². The first kappa shape index (κ1) is 13.1. The summed E-state index contributed by atoms with van der Waals surface area (Å²) in [5, 5.41) is 11.0. The van der Waals surface area contributed by atoms with E-state index in [1.165, 1.54) is 12.1 Å². The van der Waals surface area contributed by atoms with Gasteiger partial charge < -0.3 is 10.6 Å². The summed E-state index contributed by atoms with van der Waals surface area (Å²) in [7, 11) is 0. The fourth-order valence-electron chi connectivity index (χ4n) is 3.46. The molecule has 1 saturated carbocycles. The Morgan fingerprint density at radius 1 is 1.30 bits per heavy atom. The van der Waals surface area contributed by atoms with E-state index in [0.29, 0.717) is 24.9 Å². The quantitative estimate of drug-likeness (QED) is 0.652. The predicted octanol–water partition coefficient (Wildman–Crippen LogP) is 1.40. The molecule has 106 valence electrons. The van der Waals surface area contributed by atoms with Gasteiger partial charge in [0.15, 0.2) is 0 Å². The number of nitro groups is 1. The normalized spacial score (nSPS) is 28.4. The molecular weight excluding hydrogens is 258 g/mol. The second-order valence-corrected chi connectivity index (χ2v) is 5.65. The number of nitro benzene ring substituents is 1. The molecule has 0 radical (unpaired) electrons. The van der Waals surface area contributed by atoms with Crippen LogP contribution in [-0.4, -0.2) is 34.9 Å². The lowest BCUT2D eigenvalue weighted by Gasteiger charge is -2.18. The molecule has 3 rings (SSSR count). The van der Waals surface area contributed by atoms with Gasteiger partial charge in [-0.2, -0.15) is 0 Å². The van der Waals surface area contributed by atoms with Gasteiger partial charge in [-0.15, -0.1) is 0 Å². The van der Waals surface area contributed by atoms with Gasteiger partial charge in [-0.3, -0.25) is 14.9 Å². The number of carbonyl (C=O) groups excluding carboxylic acids is 1. The summed E-state index contributed by atoms with van der Waals surface area (Å²) in [5.74, 6) is 0.553. The SMILES string of the molecule is N[C@H]1CC[C@H]2CN(C(=O)c3ccccc3[N+](=O)[O-])C[C@H]21. The Morgan fingerprint density at radius 3 is 2.75 bits per heavy atom. The van der Waals surface area contributed by atoms with Crippen molar-refractivity contribution in [1.29, 1.82) is 0 Å². The van der Waals surface area contributed by atoms with Gasteiger partial charge in [0.1, 0.15) is 5.56 Å². The van der Waals surface area contributed by atoms with E-state index in [1.807, 2.05) is 0 Å². The highest BCUT2D eigenvalue weighted by Gasteiger charge is 2.43. The molecule has 2 N–H and O–H groups in total. The number of nitrogens with zero attached hydrogens (tertiary/aromatic N) is 2. The molecule has 2 fully saturated rings. The molecule has 1 aliphatic heterocycles. The van der Waals surface area contributed by atoms with Crippen molar-refractivity contribution in [2.45, 2.75) is 18.9 Å². The maximum absolute atomic E-state index is 12.5. The van der Waals surface area contributed by atoms with Gasteiger partial charge in [0, 0.05) is 25.2 Å². The largest absolute Gasteiger partial charge is 0.338 e. The first-order valence-electron chi connectivity index (χ1n) is 6.86. The summed E-state index contributed by atoms with van der Waals surface area (Å²) in [4.78, 5) is 24.7. The van der Waals surface area contributed by atoms with Crippen molar-refractivity contribution >= 4 is 11.6 Å². The number of nitrogens with two attached hydrogens (primary N) is 1. The molecule has 2 aliphatic rings. The summed E-state index contributed by atoms with van der Waals surface area (Å²) in [6, 6.07) is 6.28. The van der Waals surface area contributed by atoms with E-state index in [1.54, 1.807) is 17.0 Å². The number of hydrogen-bond acceptors (Lipinski definition) is 4. The van der Waals surface area contributed by atoms with Crippen molar-refractivity contribution in [2.75, 3.05) is 13.1 Å². The molecule has 1 aromatic rings. The Hall–Kier alpha value is -1.95. The molecule has 1 heterocycles. The molecule has 1 amide bonds. The topological polar surface area (TPSA) is 89.5 Å². The third-order valence-electron chi connectivity index (χ3n) is 4.53. The second-order valence-electron chi connectivity index (χ2n) is 5.65. The zero-order valence-corrected chi connectivity index (χ0v) is 11.1. The van der Waals surface area contributed by atoms with Crippen LogP contribution in [-0.2, 0) is 0 Å². The van der Waals surface area contributed by atoms with E-state index < -0.39 is 4.92 Å². The van der Waals surface area contributed by atoms with E-state index in [4.69, 9.17) is 5.73 Å². The number of carbonyl (C=O) groups is 1. The Balaban J connectivity index is 1.83. The molecule has 0 aromatic heterocycles. The zero-order chi connectivity index (χ0) is 14.3. The molecule has 1 aromatic carbocycles. The third-order valence-corrected chi connectivity index (χ3v) is 4.53. The predicted molar refractivity (Wildman–Crippen MR) is 73.2 cm³/mol. The number of rotatable bonds is 2. The third kappa shape index (κ3) is 2.06. The zero-order valence-electron chi connectivity index (χ0n) is 11.1. The summed E-state index contributed by atoms with van der Waals surface area (Å²) < 4.78 is 0. The highest BCUT2D eigenvalue weighted by molar-refractivity contribution is 5.98. The van der Waals surface area contributed by atoms with Crippen molar-refractivity contribution in [3.05, 3.63) is 39.9 Å². The van der Waals surface area contributed by atoms with Crippen LogP contribution in [0.25, 0.3) is 0 Å². The molecule has 1 saturated heterocycles. The lowest BCUT2D eigenvalue weighted by molar-refractivity contribution is -0.385. The summed E-state index contributed by atoms with van der Waals surface area (Å²) in [5.41, 5.74) is 6.10. The van der Waals surface area contributed by atoms with Gasteiger partial charge in [-0.25, -0.2) is 0 Å². The second kappa shape index (κ2) is 4.86. The van der Waals surface area contributed by atoms with Crippen LogP contribution in [0.1, 0.15) is 23.2 Å². The average Bonchev–Trinajstić information content (AvgIpc) is 3.00. The van der Waals surface area contributed by atoms with Crippen LogP contribution in [0.2, 0.25) is 0 Å². The number of hydrogen-bond donors (Lipinski definition) is 1. The van der Waals surface area contributed by atoms with Crippen LogP contribution in [0.5, 0.6) is 0 Å². The van der Waals surface area contributed by atoms with Crippen molar-refractivity contribution in [2.24, 2.45) is 17.6 Å². The molecule has 0 spiro atoms. The number of amides is 1. The Labute approximate surface area is 116 Å². The van der Waals surface area contributed by atoms with Crippen molar-refractivity contribution < 1.29 is 9.72 Å². The fraction of sp³-hybridized carbons (Fsp3) is 0.500. The molecule has 20 heavy (non-hydrogen) atoms. The first-order valence-corrected chi connectivity index (χ1v) is 6.86. The van der Waals surface area contributed by atoms with Crippen molar-refractivity contribution in [1.82, 2.24) is 4.90 Å². The molecule has 1 aliphatic carbocycles. The first-order chi connectivity index (χ1) is 9.58. The van der Waals surface area contributed by atoms with Crippen molar-refractivity contribution in [3.8, 4) is 0 Å². The average molecular weight is 275 g/mol. The highest BCUT2D eigenvalue weighted by Crippen LogP contribution is 2.38. The molecule has 3 atom stereocenters. The molecular formula is C14H17N3O3. The van der Waals surface area contributed by atoms with E-state index >= 15 is 0 Å². The molecule has 6 heteroatoms. The van der Waals surface area contributed by atoms with Crippen LogP contribution in [0.15, 0.2) is 24.3 Å². The highest BCUT2D eigenvalue weighted by atomic mass is 16.6. The van der Waals surface area contributed by atoms with E-state index in [9.17, 15) is 14.9 Å². The number of benzene rings is 1. The van der Waals surface area contributed by atoms with Crippen LogP contribution in [0, 0.1) is 22.0 Å².